The number of aliphatic hydroxyl groups is 1. The van der Waals surface area contributed by atoms with Gasteiger partial charge in [0.2, 0.25) is 5.95 Å². The third-order valence-corrected chi connectivity index (χ3v) is 6.46. The Morgan fingerprint density at radius 1 is 1.03 bits per heavy atom. The summed E-state index contributed by atoms with van der Waals surface area (Å²) in [7, 11) is 2.09. The highest BCUT2D eigenvalue weighted by Gasteiger charge is 2.50. The fourth-order valence-corrected chi connectivity index (χ4v) is 4.62. The molecule has 0 unspecified atom stereocenters. The number of ether oxygens (including phenoxy) is 1. The lowest BCUT2D eigenvalue weighted by Gasteiger charge is -2.32. The third-order valence-electron chi connectivity index (χ3n) is 6.46. The van der Waals surface area contributed by atoms with Crippen molar-refractivity contribution in [3.05, 3.63) is 71.5 Å². The van der Waals surface area contributed by atoms with Crippen molar-refractivity contribution < 1.29 is 9.84 Å². The van der Waals surface area contributed by atoms with Crippen molar-refractivity contribution >= 4 is 18.4 Å². The Balaban J connectivity index is 0.00000231. The first-order chi connectivity index (χ1) is 14.7. The van der Waals surface area contributed by atoms with Crippen LogP contribution in [-0.4, -0.2) is 39.1 Å². The Kier molecular flexibility index (Phi) is 6.21. The van der Waals surface area contributed by atoms with Gasteiger partial charge in [0.25, 0.3) is 0 Å². The van der Waals surface area contributed by atoms with Crippen molar-refractivity contribution in [2.45, 2.75) is 43.8 Å². The highest BCUT2D eigenvalue weighted by Crippen LogP contribution is 2.52. The van der Waals surface area contributed by atoms with Crippen LogP contribution in [0.1, 0.15) is 42.6 Å². The first-order valence-electron chi connectivity index (χ1n) is 10.8. The number of piperidine rings is 1. The van der Waals surface area contributed by atoms with E-state index in [-0.39, 0.29) is 30.5 Å². The number of aromatic nitrogens is 3. The van der Waals surface area contributed by atoms with E-state index in [9.17, 15) is 5.11 Å². The fraction of sp³-hybridized carbons (Fsp3) is 0.417. The van der Waals surface area contributed by atoms with Gasteiger partial charge in [-0.2, -0.15) is 0 Å². The topological polar surface area (TPSA) is 63.4 Å². The van der Waals surface area contributed by atoms with Crippen LogP contribution in [0.2, 0.25) is 0 Å². The molecule has 3 aromatic rings. The van der Waals surface area contributed by atoms with Gasteiger partial charge in [0.1, 0.15) is 17.7 Å². The quantitative estimate of drug-likeness (QED) is 0.630. The van der Waals surface area contributed by atoms with Crippen LogP contribution in [-0.2, 0) is 19.1 Å². The van der Waals surface area contributed by atoms with E-state index in [0.29, 0.717) is 0 Å². The molecule has 1 aliphatic heterocycles. The molecule has 1 saturated carbocycles. The fourth-order valence-electron chi connectivity index (χ4n) is 4.62. The molecule has 164 valence electrons. The number of benzene rings is 2. The maximum Gasteiger partial charge on any atom is 0.226 e. The van der Waals surface area contributed by atoms with Gasteiger partial charge in [-0.1, -0.05) is 42.5 Å². The van der Waals surface area contributed by atoms with Gasteiger partial charge in [0.15, 0.2) is 0 Å². The molecule has 5 rings (SSSR count). The average Bonchev–Trinajstić information content (AvgIpc) is 3.51. The molecule has 1 saturated heterocycles. The third kappa shape index (κ3) is 4.14. The lowest BCUT2D eigenvalue weighted by atomic mass is 9.95. The van der Waals surface area contributed by atoms with Gasteiger partial charge in [0, 0.05) is 33.0 Å². The zero-order chi connectivity index (χ0) is 20.6. The molecule has 7 heteroatoms. The summed E-state index contributed by atoms with van der Waals surface area (Å²) in [6.07, 6.45) is 4.32. The van der Waals surface area contributed by atoms with Crippen LogP contribution in [0.25, 0.3) is 0 Å². The predicted molar refractivity (Wildman–Crippen MR) is 123 cm³/mol. The van der Waals surface area contributed by atoms with Crippen molar-refractivity contribution in [1.29, 1.82) is 0 Å². The molecule has 0 atom stereocenters. The molecule has 0 radical (unpaired) electrons. The summed E-state index contributed by atoms with van der Waals surface area (Å²) in [5.74, 6) is 2.86. The Labute approximate surface area is 189 Å². The van der Waals surface area contributed by atoms with Crippen LogP contribution in [0.5, 0.6) is 5.75 Å². The smallest absolute Gasteiger partial charge is 0.226 e. The van der Waals surface area contributed by atoms with E-state index in [4.69, 9.17) is 4.74 Å². The van der Waals surface area contributed by atoms with Crippen LogP contribution in [0.4, 0.5) is 5.95 Å². The summed E-state index contributed by atoms with van der Waals surface area (Å²) in [5.41, 5.74) is 2.24. The normalized spacial score (nSPS) is 17.8. The van der Waals surface area contributed by atoms with Gasteiger partial charge in [-0.3, -0.25) is 4.57 Å². The van der Waals surface area contributed by atoms with E-state index in [0.717, 1.165) is 61.9 Å². The van der Waals surface area contributed by atoms with Crippen LogP contribution in [0.3, 0.4) is 0 Å². The van der Waals surface area contributed by atoms with E-state index < -0.39 is 0 Å². The number of anilines is 1. The van der Waals surface area contributed by atoms with Crippen LogP contribution in [0.15, 0.2) is 54.6 Å². The van der Waals surface area contributed by atoms with Crippen molar-refractivity contribution in [2.75, 3.05) is 18.0 Å². The average molecular weight is 441 g/mol. The highest BCUT2D eigenvalue weighted by molar-refractivity contribution is 5.85. The van der Waals surface area contributed by atoms with Gasteiger partial charge in [-0.25, -0.2) is 0 Å². The SMILES string of the molecule is Cl.Cn1c(N2CCC(Oc3cccc(CO)c3)CC2)nnc1C1(c2ccccc2)CC1. The monoisotopic (exact) mass is 440 g/mol. The Bertz CT molecular complexity index is 1010. The Hall–Kier alpha value is -2.57. The minimum Gasteiger partial charge on any atom is -0.490 e. The van der Waals surface area contributed by atoms with Crippen LogP contribution >= 0.6 is 12.4 Å². The number of rotatable bonds is 6. The summed E-state index contributed by atoms with van der Waals surface area (Å²) in [6.45, 7) is 1.83. The van der Waals surface area contributed by atoms with Crippen LogP contribution < -0.4 is 9.64 Å². The van der Waals surface area contributed by atoms with E-state index in [1.165, 1.54) is 5.56 Å². The van der Waals surface area contributed by atoms with E-state index in [1.54, 1.807) is 0 Å². The lowest BCUT2D eigenvalue weighted by molar-refractivity contribution is 0.169. The maximum atomic E-state index is 9.31. The molecule has 31 heavy (non-hydrogen) atoms. The first kappa shape index (κ1) is 21.7. The molecule has 2 aromatic carbocycles. The highest BCUT2D eigenvalue weighted by atomic mass is 35.5. The summed E-state index contributed by atoms with van der Waals surface area (Å²) < 4.78 is 8.35. The summed E-state index contributed by atoms with van der Waals surface area (Å²) in [4.78, 5) is 2.32. The number of hydrogen-bond donors (Lipinski definition) is 1. The number of aliphatic hydroxyl groups excluding tert-OH is 1. The van der Waals surface area contributed by atoms with Crippen molar-refractivity contribution in [3.63, 3.8) is 0 Å². The van der Waals surface area contributed by atoms with Crippen molar-refractivity contribution in [2.24, 2.45) is 7.05 Å². The van der Waals surface area contributed by atoms with Crippen molar-refractivity contribution in [1.82, 2.24) is 14.8 Å². The molecule has 2 heterocycles. The molecule has 1 aromatic heterocycles. The molecule has 0 bridgehead atoms. The molecule has 2 aliphatic rings. The molecule has 1 aliphatic carbocycles. The van der Waals surface area contributed by atoms with Gasteiger partial charge in [-0.15, -0.1) is 22.6 Å². The van der Waals surface area contributed by atoms with E-state index in [2.05, 4.69) is 57.0 Å². The predicted octanol–water partition coefficient (Wildman–Crippen LogP) is 3.86. The second-order valence-corrected chi connectivity index (χ2v) is 8.44. The molecule has 2 fully saturated rings. The number of nitrogens with zero attached hydrogens (tertiary/aromatic N) is 4. The molecule has 6 nitrogen and oxygen atoms in total. The summed E-state index contributed by atoms with van der Waals surface area (Å²) in [5, 5.41) is 18.5. The Morgan fingerprint density at radius 3 is 2.45 bits per heavy atom. The second-order valence-electron chi connectivity index (χ2n) is 8.44. The molecule has 0 amide bonds. The summed E-state index contributed by atoms with van der Waals surface area (Å²) in [6, 6.07) is 18.4. The minimum atomic E-state index is 0. The van der Waals surface area contributed by atoms with E-state index >= 15 is 0 Å². The van der Waals surface area contributed by atoms with Gasteiger partial charge in [-0.05, 0) is 36.1 Å². The van der Waals surface area contributed by atoms with E-state index in [1.807, 2.05) is 24.3 Å². The molecular weight excluding hydrogens is 412 g/mol. The largest absolute Gasteiger partial charge is 0.490 e. The molecule has 1 N–H and O–H groups in total. The minimum absolute atomic E-state index is 0. The van der Waals surface area contributed by atoms with Gasteiger partial charge >= 0.3 is 0 Å². The molecular formula is C24H29ClN4O2. The van der Waals surface area contributed by atoms with Crippen molar-refractivity contribution in [3.8, 4) is 5.75 Å². The van der Waals surface area contributed by atoms with Crippen LogP contribution in [0, 0.1) is 0 Å². The zero-order valence-corrected chi connectivity index (χ0v) is 18.6. The van der Waals surface area contributed by atoms with Gasteiger partial charge in [0.05, 0.1) is 12.0 Å². The Morgan fingerprint density at radius 2 is 1.77 bits per heavy atom. The number of hydrogen-bond acceptors (Lipinski definition) is 5. The maximum absolute atomic E-state index is 9.31. The summed E-state index contributed by atoms with van der Waals surface area (Å²) >= 11 is 0. The first-order valence-corrected chi connectivity index (χ1v) is 10.8. The zero-order valence-electron chi connectivity index (χ0n) is 17.8. The standard InChI is InChI=1S/C24H28N4O2.ClH/c1-27-22(24(12-13-24)19-7-3-2-4-8-19)25-26-23(27)28-14-10-20(11-15-28)30-21-9-5-6-18(16-21)17-29;/h2-9,16,20,29H,10-15,17H2,1H3;1H. The number of halogens is 1. The van der Waals surface area contributed by atoms with Gasteiger partial charge < -0.3 is 14.7 Å². The second kappa shape index (κ2) is 8.89. The lowest BCUT2D eigenvalue weighted by Crippen LogP contribution is -2.39. The molecule has 0 spiro atoms.